The van der Waals surface area contributed by atoms with E-state index in [2.05, 4.69) is 32.3 Å². The van der Waals surface area contributed by atoms with Crippen molar-refractivity contribution in [1.29, 1.82) is 0 Å². The molecule has 0 unspecified atom stereocenters. The van der Waals surface area contributed by atoms with E-state index >= 15 is 0 Å². The van der Waals surface area contributed by atoms with E-state index in [-0.39, 0.29) is 18.0 Å². The van der Waals surface area contributed by atoms with Crippen LogP contribution in [0.15, 0.2) is 47.3 Å². The fourth-order valence-electron chi connectivity index (χ4n) is 3.76. The number of hydrogen-bond donors (Lipinski definition) is 1. The molecular formula is C23H31N5O4. The van der Waals surface area contributed by atoms with Crippen molar-refractivity contribution in [2.24, 2.45) is 5.92 Å². The molecule has 1 aromatic heterocycles. The first-order valence-corrected chi connectivity index (χ1v) is 10.9. The molecule has 1 N–H and O–H groups in total. The van der Waals surface area contributed by atoms with Gasteiger partial charge in [-0.15, -0.1) is 0 Å². The molecule has 32 heavy (non-hydrogen) atoms. The number of anilines is 2. The first kappa shape index (κ1) is 23.3. The summed E-state index contributed by atoms with van der Waals surface area (Å²) in [7, 11) is 1.29. The van der Waals surface area contributed by atoms with Gasteiger partial charge in [0.2, 0.25) is 5.91 Å². The van der Waals surface area contributed by atoms with E-state index in [1.54, 1.807) is 6.07 Å². The van der Waals surface area contributed by atoms with Crippen LogP contribution in [0.1, 0.15) is 20.3 Å². The third-order valence-electron chi connectivity index (χ3n) is 5.40. The molecule has 2 aromatic rings. The molecule has 172 valence electrons. The molecule has 0 saturated carbocycles. The number of carbonyl (C=O) groups excluding carboxylic acids is 2. The van der Waals surface area contributed by atoms with Gasteiger partial charge >= 0.3 is 5.97 Å². The molecule has 9 nitrogen and oxygen atoms in total. The summed E-state index contributed by atoms with van der Waals surface area (Å²) in [4.78, 5) is 41.2. The van der Waals surface area contributed by atoms with Crippen molar-refractivity contribution >= 4 is 23.4 Å². The van der Waals surface area contributed by atoms with Gasteiger partial charge in [-0.3, -0.25) is 9.59 Å². The van der Waals surface area contributed by atoms with Gasteiger partial charge < -0.3 is 19.9 Å². The van der Waals surface area contributed by atoms with E-state index in [0.29, 0.717) is 12.2 Å². The minimum Gasteiger partial charge on any atom is -0.467 e. The number of para-hydroxylation sites is 1. The van der Waals surface area contributed by atoms with Crippen LogP contribution < -0.4 is 20.7 Å². The minimum atomic E-state index is -0.752. The number of ether oxygens (including phenoxy) is 1. The number of hydrogen-bond acceptors (Lipinski definition) is 7. The zero-order valence-electron chi connectivity index (χ0n) is 18.9. The summed E-state index contributed by atoms with van der Waals surface area (Å²) < 4.78 is 5.92. The summed E-state index contributed by atoms with van der Waals surface area (Å²) in [5.41, 5.74) is 0.814. The van der Waals surface area contributed by atoms with Crippen molar-refractivity contribution < 1.29 is 14.3 Å². The van der Waals surface area contributed by atoms with Gasteiger partial charge in [-0.05, 0) is 30.5 Å². The maximum absolute atomic E-state index is 12.5. The van der Waals surface area contributed by atoms with Crippen LogP contribution in [0.25, 0.3) is 0 Å². The molecule has 3 rings (SSSR count). The number of aromatic nitrogens is 2. The summed E-state index contributed by atoms with van der Waals surface area (Å²) >= 11 is 0. The molecule has 1 saturated heterocycles. The standard InChI is InChI=1S/C23H31N5O4/c1-17(2)15-19(23(31)32-3)24-21(29)16-28-22(30)10-9-20(25-28)27-13-11-26(12-14-27)18-7-5-4-6-8-18/h4-10,17,19H,11-16H2,1-3H3,(H,24,29)/t19-/m1/s1. The van der Waals surface area contributed by atoms with Gasteiger partial charge in [0.1, 0.15) is 18.4 Å². The Morgan fingerprint density at radius 2 is 1.69 bits per heavy atom. The van der Waals surface area contributed by atoms with Crippen LogP contribution in [-0.4, -0.2) is 61.0 Å². The molecule has 1 aliphatic heterocycles. The third kappa shape index (κ3) is 6.09. The number of benzene rings is 1. The Balaban J connectivity index is 1.64. The smallest absolute Gasteiger partial charge is 0.328 e. The van der Waals surface area contributed by atoms with Gasteiger partial charge in [0, 0.05) is 37.9 Å². The number of nitrogens with one attached hydrogen (secondary N) is 1. The van der Waals surface area contributed by atoms with Crippen molar-refractivity contribution in [2.45, 2.75) is 32.9 Å². The monoisotopic (exact) mass is 441 g/mol. The van der Waals surface area contributed by atoms with E-state index in [1.807, 2.05) is 32.0 Å². The predicted molar refractivity (Wildman–Crippen MR) is 123 cm³/mol. The maximum Gasteiger partial charge on any atom is 0.328 e. The highest BCUT2D eigenvalue weighted by Crippen LogP contribution is 2.18. The Labute approximate surface area is 188 Å². The molecule has 0 bridgehead atoms. The second kappa shape index (κ2) is 10.8. The Hall–Kier alpha value is -3.36. The van der Waals surface area contributed by atoms with Crippen molar-refractivity contribution in [2.75, 3.05) is 43.1 Å². The quantitative estimate of drug-likeness (QED) is 0.616. The van der Waals surface area contributed by atoms with Crippen molar-refractivity contribution in [3.8, 4) is 0 Å². The Morgan fingerprint density at radius 1 is 1.03 bits per heavy atom. The fraction of sp³-hybridized carbons (Fsp3) is 0.478. The van der Waals surface area contributed by atoms with Gasteiger partial charge in [-0.2, -0.15) is 5.10 Å². The Kier molecular flexibility index (Phi) is 7.86. The van der Waals surface area contributed by atoms with Crippen molar-refractivity contribution in [3.05, 3.63) is 52.8 Å². The molecule has 1 amide bonds. The summed E-state index contributed by atoms with van der Waals surface area (Å²) in [5.74, 6) is -0.117. The molecule has 1 atom stereocenters. The molecular weight excluding hydrogens is 410 g/mol. The summed E-state index contributed by atoms with van der Waals surface area (Å²) in [6.07, 6.45) is 0.451. The van der Waals surface area contributed by atoms with Gasteiger partial charge in [0.15, 0.2) is 0 Å². The molecule has 9 heteroatoms. The Morgan fingerprint density at radius 3 is 2.31 bits per heavy atom. The molecule has 0 spiro atoms. The van der Waals surface area contributed by atoms with Crippen molar-refractivity contribution in [3.63, 3.8) is 0 Å². The number of nitrogens with zero attached hydrogens (tertiary/aromatic N) is 4. The highest BCUT2D eigenvalue weighted by molar-refractivity contribution is 5.84. The average Bonchev–Trinajstić information content (AvgIpc) is 2.80. The van der Waals surface area contributed by atoms with Crippen LogP contribution in [0.5, 0.6) is 0 Å². The summed E-state index contributed by atoms with van der Waals surface area (Å²) in [5, 5.41) is 7.07. The molecule has 0 aliphatic carbocycles. The average molecular weight is 442 g/mol. The van der Waals surface area contributed by atoms with E-state index in [1.165, 1.54) is 18.9 Å². The van der Waals surface area contributed by atoms with E-state index in [4.69, 9.17) is 4.74 Å². The zero-order chi connectivity index (χ0) is 23.1. The van der Waals surface area contributed by atoms with Crippen LogP contribution in [0.4, 0.5) is 11.5 Å². The zero-order valence-corrected chi connectivity index (χ0v) is 18.9. The molecule has 1 aromatic carbocycles. The lowest BCUT2D eigenvalue weighted by Gasteiger charge is -2.36. The van der Waals surface area contributed by atoms with Crippen LogP contribution in [0.2, 0.25) is 0 Å². The topological polar surface area (TPSA) is 96.8 Å². The van der Waals surface area contributed by atoms with Crippen LogP contribution in [0, 0.1) is 5.92 Å². The van der Waals surface area contributed by atoms with E-state index in [9.17, 15) is 14.4 Å². The lowest BCUT2D eigenvalue weighted by molar-refractivity contribution is -0.145. The van der Waals surface area contributed by atoms with Crippen LogP contribution in [-0.2, 0) is 20.9 Å². The van der Waals surface area contributed by atoms with Gasteiger partial charge in [-0.1, -0.05) is 32.0 Å². The van der Waals surface area contributed by atoms with Gasteiger partial charge in [0.05, 0.1) is 7.11 Å². The highest BCUT2D eigenvalue weighted by Gasteiger charge is 2.23. The number of rotatable bonds is 8. The first-order valence-electron chi connectivity index (χ1n) is 10.9. The minimum absolute atomic E-state index is 0.193. The lowest BCUT2D eigenvalue weighted by atomic mass is 10.0. The third-order valence-corrected chi connectivity index (χ3v) is 5.40. The van der Waals surface area contributed by atoms with Crippen LogP contribution >= 0.6 is 0 Å². The predicted octanol–water partition coefficient (Wildman–Crippen LogP) is 1.27. The SMILES string of the molecule is COC(=O)[C@@H](CC(C)C)NC(=O)Cn1nc(N2CCN(c3ccccc3)CC2)ccc1=O. The molecule has 0 radical (unpaired) electrons. The second-order valence-corrected chi connectivity index (χ2v) is 8.27. The largest absolute Gasteiger partial charge is 0.467 e. The van der Waals surface area contributed by atoms with E-state index in [0.717, 1.165) is 30.9 Å². The molecule has 1 fully saturated rings. The summed E-state index contributed by atoms with van der Waals surface area (Å²) in [6.45, 7) is 6.82. The molecule has 2 heterocycles. The van der Waals surface area contributed by atoms with Crippen molar-refractivity contribution in [1.82, 2.24) is 15.1 Å². The highest BCUT2D eigenvalue weighted by atomic mass is 16.5. The lowest BCUT2D eigenvalue weighted by Crippen LogP contribution is -2.47. The first-order chi connectivity index (χ1) is 15.4. The number of methoxy groups -OCH3 is 1. The van der Waals surface area contributed by atoms with Gasteiger partial charge in [-0.25, -0.2) is 9.48 Å². The summed E-state index contributed by atoms with van der Waals surface area (Å²) in [6, 6.07) is 12.6. The number of esters is 1. The second-order valence-electron chi connectivity index (χ2n) is 8.27. The number of piperazine rings is 1. The Bertz CT molecular complexity index is 968. The fourth-order valence-corrected chi connectivity index (χ4v) is 3.76. The molecule has 1 aliphatic rings. The van der Waals surface area contributed by atoms with Crippen LogP contribution in [0.3, 0.4) is 0 Å². The number of carbonyl (C=O) groups is 2. The van der Waals surface area contributed by atoms with E-state index < -0.39 is 17.9 Å². The number of amides is 1. The van der Waals surface area contributed by atoms with Gasteiger partial charge in [0.25, 0.3) is 5.56 Å². The normalized spacial score (nSPS) is 14.9. The maximum atomic E-state index is 12.5.